The van der Waals surface area contributed by atoms with E-state index in [1.807, 2.05) is 0 Å². The van der Waals surface area contributed by atoms with E-state index in [2.05, 4.69) is 11.8 Å². The summed E-state index contributed by atoms with van der Waals surface area (Å²) in [6.07, 6.45) is 5.85. The van der Waals surface area contributed by atoms with Gasteiger partial charge < -0.3 is 4.90 Å². The second-order valence-electron chi connectivity index (χ2n) is 3.87. The molecule has 0 amide bonds. The van der Waals surface area contributed by atoms with Crippen LogP contribution in [0.4, 0.5) is 0 Å². The molecular weight excluding hydrogens is 122 g/mol. The number of piperidine rings is 1. The summed E-state index contributed by atoms with van der Waals surface area (Å²) < 4.78 is 0. The van der Waals surface area contributed by atoms with Gasteiger partial charge in [0.1, 0.15) is 0 Å². The van der Waals surface area contributed by atoms with Gasteiger partial charge in [-0.15, -0.1) is 0 Å². The molecule has 2 aliphatic rings. The van der Waals surface area contributed by atoms with Crippen LogP contribution in [0.1, 0.15) is 32.6 Å². The average molecular weight is 139 g/mol. The zero-order chi connectivity index (χ0) is 6.97. The van der Waals surface area contributed by atoms with Gasteiger partial charge in [-0.05, 0) is 38.3 Å². The van der Waals surface area contributed by atoms with Gasteiger partial charge in [0.2, 0.25) is 0 Å². The molecule has 0 aromatic rings. The van der Waals surface area contributed by atoms with E-state index in [1.165, 1.54) is 38.8 Å². The monoisotopic (exact) mass is 139 g/mol. The second kappa shape index (κ2) is 2.54. The van der Waals surface area contributed by atoms with Gasteiger partial charge in [-0.1, -0.05) is 13.3 Å². The third-order valence-electron chi connectivity index (χ3n) is 3.19. The molecule has 2 rings (SSSR count). The first-order valence-electron chi connectivity index (χ1n) is 4.62. The third-order valence-corrected chi connectivity index (χ3v) is 3.19. The maximum absolute atomic E-state index is 2.69. The first-order chi connectivity index (χ1) is 4.88. The highest BCUT2D eigenvalue weighted by atomic mass is 15.2. The van der Waals surface area contributed by atoms with E-state index >= 15 is 0 Å². The lowest BCUT2D eigenvalue weighted by Gasteiger charge is -2.31. The van der Waals surface area contributed by atoms with Crippen molar-refractivity contribution in [1.29, 1.82) is 0 Å². The van der Waals surface area contributed by atoms with Crippen molar-refractivity contribution in [3.05, 3.63) is 0 Å². The number of hydrogen-bond donors (Lipinski definition) is 0. The fourth-order valence-electron chi connectivity index (χ4n) is 2.50. The summed E-state index contributed by atoms with van der Waals surface area (Å²) in [6.45, 7) is 5.18. The standard InChI is InChI=1S/C9H17N/c1-8-5-7-10-6-3-2-4-9(8)10/h8-9H,2-7H2,1H3/t8-,9-/m0/s1. The Morgan fingerprint density at radius 1 is 1.10 bits per heavy atom. The number of nitrogens with zero attached hydrogens (tertiary/aromatic N) is 1. The molecule has 2 atom stereocenters. The summed E-state index contributed by atoms with van der Waals surface area (Å²) in [5.74, 6) is 0.986. The molecule has 58 valence electrons. The lowest BCUT2D eigenvalue weighted by Crippen LogP contribution is -2.36. The van der Waals surface area contributed by atoms with Gasteiger partial charge >= 0.3 is 0 Å². The van der Waals surface area contributed by atoms with Gasteiger partial charge in [0.05, 0.1) is 0 Å². The Morgan fingerprint density at radius 3 is 2.80 bits per heavy atom. The van der Waals surface area contributed by atoms with Crippen molar-refractivity contribution in [2.75, 3.05) is 13.1 Å². The molecule has 2 aliphatic heterocycles. The molecule has 0 bridgehead atoms. The molecule has 0 saturated carbocycles. The maximum atomic E-state index is 2.69. The second-order valence-corrected chi connectivity index (χ2v) is 3.87. The van der Waals surface area contributed by atoms with Crippen LogP contribution in [0, 0.1) is 5.92 Å². The van der Waals surface area contributed by atoms with Crippen LogP contribution in [0.3, 0.4) is 0 Å². The Balaban J connectivity index is 2.01. The van der Waals surface area contributed by atoms with Crippen molar-refractivity contribution < 1.29 is 0 Å². The van der Waals surface area contributed by atoms with Crippen LogP contribution in [0.5, 0.6) is 0 Å². The van der Waals surface area contributed by atoms with E-state index in [9.17, 15) is 0 Å². The fourth-order valence-corrected chi connectivity index (χ4v) is 2.50. The lowest BCUT2D eigenvalue weighted by atomic mass is 9.95. The van der Waals surface area contributed by atoms with Crippen LogP contribution in [-0.4, -0.2) is 24.0 Å². The topological polar surface area (TPSA) is 3.24 Å². The van der Waals surface area contributed by atoms with Gasteiger partial charge in [0.25, 0.3) is 0 Å². The summed E-state index contributed by atoms with van der Waals surface area (Å²) in [6, 6.07) is 0.966. The van der Waals surface area contributed by atoms with Crippen LogP contribution in [-0.2, 0) is 0 Å². The Hall–Kier alpha value is -0.0400. The minimum absolute atomic E-state index is 0.966. The molecule has 0 aromatic heterocycles. The van der Waals surface area contributed by atoms with E-state index in [0.717, 1.165) is 12.0 Å². The third kappa shape index (κ3) is 0.968. The van der Waals surface area contributed by atoms with E-state index in [1.54, 1.807) is 0 Å². The molecule has 0 radical (unpaired) electrons. The minimum atomic E-state index is 0.966. The Labute approximate surface area is 63.4 Å². The van der Waals surface area contributed by atoms with Crippen LogP contribution < -0.4 is 0 Å². The summed E-state index contributed by atoms with van der Waals surface area (Å²) in [5.41, 5.74) is 0. The highest BCUT2D eigenvalue weighted by Crippen LogP contribution is 2.30. The van der Waals surface area contributed by atoms with Gasteiger partial charge in [-0.2, -0.15) is 0 Å². The maximum Gasteiger partial charge on any atom is 0.0121 e. The summed E-state index contributed by atoms with van der Waals surface area (Å²) in [4.78, 5) is 2.69. The predicted molar refractivity (Wildman–Crippen MR) is 43.0 cm³/mol. The first kappa shape index (κ1) is 6.66. The molecule has 0 unspecified atom stereocenters. The van der Waals surface area contributed by atoms with E-state index in [0.29, 0.717) is 0 Å². The van der Waals surface area contributed by atoms with Gasteiger partial charge in [-0.25, -0.2) is 0 Å². The molecule has 2 fully saturated rings. The highest BCUT2D eigenvalue weighted by molar-refractivity contribution is 4.86. The summed E-state index contributed by atoms with van der Waals surface area (Å²) >= 11 is 0. The number of hydrogen-bond acceptors (Lipinski definition) is 1. The van der Waals surface area contributed by atoms with Crippen LogP contribution >= 0.6 is 0 Å². The first-order valence-corrected chi connectivity index (χ1v) is 4.62. The van der Waals surface area contributed by atoms with Crippen LogP contribution in [0.25, 0.3) is 0 Å². The zero-order valence-electron chi connectivity index (χ0n) is 6.84. The molecule has 10 heavy (non-hydrogen) atoms. The van der Waals surface area contributed by atoms with Crippen molar-refractivity contribution in [1.82, 2.24) is 4.90 Å². The molecule has 0 aromatic carbocycles. The molecule has 0 spiro atoms. The molecule has 2 saturated heterocycles. The lowest BCUT2D eigenvalue weighted by molar-refractivity contribution is 0.177. The Bertz CT molecular complexity index is 120. The van der Waals surface area contributed by atoms with Gasteiger partial charge in [0.15, 0.2) is 0 Å². The van der Waals surface area contributed by atoms with Crippen LogP contribution in [0.2, 0.25) is 0 Å². The van der Waals surface area contributed by atoms with Crippen molar-refractivity contribution in [2.45, 2.75) is 38.6 Å². The molecule has 1 heteroatoms. The van der Waals surface area contributed by atoms with Gasteiger partial charge in [-0.3, -0.25) is 0 Å². The molecule has 0 N–H and O–H groups in total. The normalized spacial score (nSPS) is 41.7. The minimum Gasteiger partial charge on any atom is -0.300 e. The van der Waals surface area contributed by atoms with E-state index in [4.69, 9.17) is 0 Å². The molecule has 1 nitrogen and oxygen atoms in total. The quantitative estimate of drug-likeness (QED) is 0.495. The smallest absolute Gasteiger partial charge is 0.0121 e. The van der Waals surface area contributed by atoms with Crippen molar-refractivity contribution in [3.63, 3.8) is 0 Å². The van der Waals surface area contributed by atoms with Crippen molar-refractivity contribution >= 4 is 0 Å². The number of fused-ring (bicyclic) bond motifs is 1. The largest absolute Gasteiger partial charge is 0.300 e. The zero-order valence-corrected chi connectivity index (χ0v) is 6.84. The highest BCUT2D eigenvalue weighted by Gasteiger charge is 2.32. The number of rotatable bonds is 0. The SMILES string of the molecule is C[C@H]1CCN2CCCC[C@@H]12. The van der Waals surface area contributed by atoms with Crippen molar-refractivity contribution in [2.24, 2.45) is 5.92 Å². The van der Waals surface area contributed by atoms with E-state index in [-0.39, 0.29) is 0 Å². The fraction of sp³-hybridized carbons (Fsp3) is 1.00. The van der Waals surface area contributed by atoms with Gasteiger partial charge in [0, 0.05) is 6.04 Å². The summed E-state index contributed by atoms with van der Waals surface area (Å²) in [7, 11) is 0. The predicted octanol–water partition coefficient (Wildman–Crippen LogP) is 1.88. The Morgan fingerprint density at radius 2 is 2.00 bits per heavy atom. The van der Waals surface area contributed by atoms with Crippen molar-refractivity contribution in [3.8, 4) is 0 Å². The van der Waals surface area contributed by atoms with E-state index < -0.39 is 0 Å². The molecule has 2 heterocycles. The van der Waals surface area contributed by atoms with Crippen LogP contribution in [0.15, 0.2) is 0 Å². The average Bonchev–Trinajstić information content (AvgIpc) is 2.34. The molecular formula is C9H17N. The summed E-state index contributed by atoms with van der Waals surface area (Å²) in [5, 5.41) is 0. The Kier molecular flexibility index (Phi) is 1.69. The molecule has 0 aliphatic carbocycles.